The number of hydrogen-bond acceptors (Lipinski definition) is 5. The summed E-state index contributed by atoms with van der Waals surface area (Å²) in [4.78, 5) is 22.5. The molecule has 2 aromatic rings. The van der Waals surface area contributed by atoms with E-state index in [4.69, 9.17) is 15.5 Å². The minimum atomic E-state index is -0.330. The molecule has 0 unspecified atom stereocenters. The number of carbonyl (C=O) groups excluding carboxylic acids is 1. The van der Waals surface area contributed by atoms with E-state index < -0.39 is 0 Å². The Hall–Kier alpha value is -2.63. The Morgan fingerprint density at radius 3 is 2.48 bits per heavy atom. The molecule has 1 aromatic heterocycles. The van der Waals surface area contributed by atoms with Gasteiger partial charge in [-0.2, -0.15) is 9.97 Å². The topological polar surface area (TPSA) is 81.3 Å². The number of benzene rings is 1. The molecule has 0 saturated heterocycles. The van der Waals surface area contributed by atoms with Crippen LogP contribution in [0, 0.1) is 6.92 Å². The summed E-state index contributed by atoms with van der Waals surface area (Å²) < 4.78 is 6.06. The first-order valence-electron chi connectivity index (χ1n) is 9.63. The molecule has 1 aromatic carbocycles. The van der Waals surface area contributed by atoms with Crippen molar-refractivity contribution < 1.29 is 9.53 Å². The molecule has 0 radical (unpaired) electrons. The van der Waals surface area contributed by atoms with Crippen LogP contribution in [0.4, 0.5) is 11.5 Å². The smallest absolute Gasteiger partial charge is 0.318 e. The number of ether oxygens (including phenoxy) is 1. The highest BCUT2D eigenvalue weighted by Gasteiger charge is 2.21. The summed E-state index contributed by atoms with van der Waals surface area (Å²) in [6.45, 7) is 4.14. The number of carbonyl (C=O) groups is 1. The second-order valence-electron chi connectivity index (χ2n) is 7.15. The fourth-order valence-corrected chi connectivity index (χ4v) is 3.57. The van der Waals surface area contributed by atoms with E-state index in [0.717, 1.165) is 47.6 Å². The van der Waals surface area contributed by atoms with Gasteiger partial charge in [-0.1, -0.05) is 19.1 Å². The van der Waals surface area contributed by atoms with Gasteiger partial charge in [0.15, 0.2) is 0 Å². The zero-order chi connectivity index (χ0) is 19.4. The van der Waals surface area contributed by atoms with Crippen LogP contribution in [0.15, 0.2) is 24.3 Å². The third kappa shape index (κ3) is 4.56. The maximum atomic E-state index is 11.1. The molecule has 1 aliphatic carbocycles. The number of aromatic nitrogens is 2. The van der Waals surface area contributed by atoms with Gasteiger partial charge < -0.3 is 15.4 Å². The summed E-state index contributed by atoms with van der Waals surface area (Å²) in [6, 6.07) is 8.26. The Kier molecular flexibility index (Phi) is 5.94. The number of amides is 1. The summed E-state index contributed by atoms with van der Waals surface area (Å²) in [5, 5.41) is 0. The average Bonchev–Trinajstić information content (AvgIpc) is 3.15. The van der Waals surface area contributed by atoms with Crippen molar-refractivity contribution in [2.45, 2.75) is 58.5 Å². The maximum absolute atomic E-state index is 11.1. The van der Waals surface area contributed by atoms with Gasteiger partial charge in [-0.25, -0.2) is 0 Å². The van der Waals surface area contributed by atoms with Crippen LogP contribution in [0.2, 0.25) is 0 Å². The molecule has 2 N–H and O–H groups in total. The van der Waals surface area contributed by atoms with Gasteiger partial charge >= 0.3 is 6.01 Å². The van der Waals surface area contributed by atoms with Crippen LogP contribution in [0.1, 0.15) is 49.4 Å². The lowest BCUT2D eigenvalue weighted by Crippen LogP contribution is -2.18. The van der Waals surface area contributed by atoms with Gasteiger partial charge in [-0.3, -0.25) is 4.79 Å². The van der Waals surface area contributed by atoms with Gasteiger partial charge in [-0.15, -0.1) is 0 Å². The molecule has 6 heteroatoms. The first-order chi connectivity index (χ1) is 13.0. The number of anilines is 2. The monoisotopic (exact) mass is 368 g/mol. The first kappa shape index (κ1) is 19.1. The van der Waals surface area contributed by atoms with E-state index in [9.17, 15) is 4.79 Å². The molecule has 1 amide bonds. The summed E-state index contributed by atoms with van der Waals surface area (Å²) >= 11 is 0. The Labute approximate surface area is 160 Å². The molecule has 1 heterocycles. The molecule has 1 saturated carbocycles. The number of nitrogens with zero attached hydrogens (tertiary/aromatic N) is 3. The van der Waals surface area contributed by atoms with Gasteiger partial charge in [0.2, 0.25) is 5.91 Å². The number of hydrogen-bond donors (Lipinski definition) is 1. The van der Waals surface area contributed by atoms with E-state index in [2.05, 4.69) is 11.9 Å². The highest BCUT2D eigenvalue weighted by molar-refractivity contribution is 5.76. The minimum absolute atomic E-state index is 0.226. The van der Waals surface area contributed by atoms with Gasteiger partial charge in [-0.05, 0) is 56.7 Å². The zero-order valence-corrected chi connectivity index (χ0v) is 16.4. The van der Waals surface area contributed by atoms with Crippen molar-refractivity contribution in [3.8, 4) is 6.01 Å². The van der Waals surface area contributed by atoms with E-state index in [-0.39, 0.29) is 18.4 Å². The molecular weight excluding hydrogens is 340 g/mol. The van der Waals surface area contributed by atoms with Crippen molar-refractivity contribution in [1.29, 1.82) is 0 Å². The Balaban J connectivity index is 1.87. The molecule has 1 aliphatic rings. The molecule has 6 nitrogen and oxygen atoms in total. The van der Waals surface area contributed by atoms with E-state index in [1.165, 1.54) is 12.8 Å². The number of primary amides is 1. The summed E-state index contributed by atoms with van der Waals surface area (Å²) in [5.41, 5.74) is 9.22. The Bertz CT molecular complexity index is 799. The normalized spacial score (nSPS) is 14.3. The van der Waals surface area contributed by atoms with Gasteiger partial charge in [0.1, 0.15) is 11.9 Å². The van der Waals surface area contributed by atoms with Crippen LogP contribution in [-0.2, 0) is 17.6 Å². The lowest BCUT2D eigenvalue weighted by Gasteiger charge is -2.23. The fraction of sp³-hybridized carbons (Fsp3) is 0.476. The van der Waals surface area contributed by atoms with Crippen molar-refractivity contribution in [2.75, 3.05) is 11.9 Å². The van der Waals surface area contributed by atoms with Crippen LogP contribution in [0.3, 0.4) is 0 Å². The zero-order valence-electron chi connectivity index (χ0n) is 16.4. The molecule has 3 rings (SSSR count). The highest BCUT2D eigenvalue weighted by atomic mass is 16.5. The van der Waals surface area contributed by atoms with E-state index in [0.29, 0.717) is 6.01 Å². The first-order valence-corrected chi connectivity index (χ1v) is 9.63. The van der Waals surface area contributed by atoms with Crippen molar-refractivity contribution >= 4 is 17.4 Å². The summed E-state index contributed by atoms with van der Waals surface area (Å²) in [7, 11) is 1.98. The maximum Gasteiger partial charge on any atom is 0.318 e. The predicted molar refractivity (Wildman–Crippen MR) is 106 cm³/mol. The van der Waals surface area contributed by atoms with Crippen LogP contribution in [-0.4, -0.2) is 29.0 Å². The number of nitrogens with two attached hydrogens (primary N) is 1. The van der Waals surface area contributed by atoms with Crippen LogP contribution < -0.4 is 15.4 Å². The van der Waals surface area contributed by atoms with E-state index in [1.807, 2.05) is 43.1 Å². The van der Waals surface area contributed by atoms with Gasteiger partial charge in [0, 0.05) is 18.3 Å². The minimum Gasteiger partial charge on any atom is -0.460 e. The molecular formula is C21H28N4O2. The van der Waals surface area contributed by atoms with E-state index in [1.54, 1.807) is 0 Å². The van der Waals surface area contributed by atoms with Crippen molar-refractivity contribution in [1.82, 2.24) is 9.97 Å². The summed E-state index contributed by atoms with van der Waals surface area (Å²) in [5.74, 6) is 0.515. The molecule has 144 valence electrons. The second-order valence-corrected chi connectivity index (χ2v) is 7.15. The quantitative estimate of drug-likeness (QED) is 0.809. The van der Waals surface area contributed by atoms with E-state index >= 15 is 0 Å². The van der Waals surface area contributed by atoms with Crippen molar-refractivity contribution in [3.05, 3.63) is 41.1 Å². The third-order valence-electron chi connectivity index (χ3n) is 5.13. The number of aryl methyl sites for hydroxylation is 1. The Morgan fingerprint density at radius 1 is 1.22 bits per heavy atom. The number of rotatable bonds is 7. The van der Waals surface area contributed by atoms with Crippen LogP contribution in [0.25, 0.3) is 0 Å². The molecule has 0 bridgehead atoms. The second kappa shape index (κ2) is 8.37. The SMILES string of the molecule is CCc1nc(OC2CCCC2)nc(N(C)c2ccc(CC(N)=O)cc2)c1C. The largest absolute Gasteiger partial charge is 0.460 e. The summed E-state index contributed by atoms with van der Waals surface area (Å²) in [6.07, 6.45) is 5.87. The lowest BCUT2D eigenvalue weighted by molar-refractivity contribution is -0.117. The fourth-order valence-electron chi connectivity index (χ4n) is 3.57. The van der Waals surface area contributed by atoms with Crippen LogP contribution in [0.5, 0.6) is 6.01 Å². The van der Waals surface area contributed by atoms with Gasteiger partial charge in [0.05, 0.1) is 12.1 Å². The highest BCUT2D eigenvalue weighted by Crippen LogP contribution is 2.30. The average molecular weight is 368 g/mol. The predicted octanol–water partition coefficient (Wildman–Crippen LogP) is 3.46. The standard InChI is InChI=1S/C21H28N4O2/c1-4-18-14(2)20(24-21(23-18)27-17-7-5-6-8-17)25(3)16-11-9-15(10-12-16)13-19(22)26/h9-12,17H,4-8,13H2,1-3H3,(H2,22,26). The van der Waals surface area contributed by atoms with Crippen LogP contribution >= 0.6 is 0 Å². The molecule has 0 atom stereocenters. The molecule has 0 aliphatic heterocycles. The Morgan fingerprint density at radius 2 is 1.89 bits per heavy atom. The van der Waals surface area contributed by atoms with Crippen molar-refractivity contribution in [2.24, 2.45) is 5.73 Å². The lowest BCUT2D eigenvalue weighted by atomic mass is 10.1. The molecule has 1 fully saturated rings. The van der Waals surface area contributed by atoms with Gasteiger partial charge in [0.25, 0.3) is 0 Å². The van der Waals surface area contributed by atoms with Crippen molar-refractivity contribution in [3.63, 3.8) is 0 Å². The molecule has 0 spiro atoms. The third-order valence-corrected chi connectivity index (χ3v) is 5.13. The molecule has 27 heavy (non-hydrogen) atoms.